The van der Waals surface area contributed by atoms with Gasteiger partial charge in [-0.15, -0.1) is 0 Å². The normalized spacial score (nSPS) is 16.8. The quantitative estimate of drug-likeness (QED) is 0.578. The molecule has 2 aromatic carbocycles. The number of nitrogens with zero attached hydrogens (tertiary/aromatic N) is 1. The maximum absolute atomic E-state index is 13.1. The molecule has 0 atom stereocenters. The van der Waals surface area contributed by atoms with Crippen LogP contribution < -0.4 is 5.32 Å². The van der Waals surface area contributed by atoms with Gasteiger partial charge in [0.25, 0.3) is 5.91 Å². The fraction of sp³-hybridized carbons (Fsp3) is 0.481. The molecule has 2 aromatic rings. The molecule has 2 aliphatic rings. The first-order valence-electron chi connectivity index (χ1n) is 12.3. The highest BCUT2D eigenvalue weighted by Gasteiger charge is 2.33. The number of para-hydroxylation sites is 1. The number of nitrogens with one attached hydrogen (secondary N) is 1. The fourth-order valence-corrected chi connectivity index (χ4v) is 6.48. The Morgan fingerprint density at radius 1 is 1.09 bits per heavy atom. The van der Waals surface area contributed by atoms with Crippen LogP contribution in [0.4, 0.5) is 5.69 Å². The number of ether oxygens (including phenoxy) is 1. The number of sulfonamides is 1. The highest BCUT2D eigenvalue weighted by molar-refractivity contribution is 7.89. The van der Waals surface area contributed by atoms with Crippen LogP contribution in [0.15, 0.2) is 41.3 Å². The average Bonchev–Trinajstić information content (AvgIpc) is 3.32. The van der Waals surface area contributed by atoms with Gasteiger partial charge in [-0.1, -0.05) is 38.1 Å². The second-order valence-electron chi connectivity index (χ2n) is 9.81. The Hall–Kier alpha value is -2.71. The lowest BCUT2D eigenvalue weighted by Crippen LogP contribution is -2.41. The van der Waals surface area contributed by atoms with Gasteiger partial charge in [-0.25, -0.2) is 8.42 Å². The van der Waals surface area contributed by atoms with Crippen molar-refractivity contribution >= 4 is 27.6 Å². The van der Waals surface area contributed by atoms with E-state index in [9.17, 15) is 18.0 Å². The van der Waals surface area contributed by atoms with Crippen LogP contribution in [0.25, 0.3) is 0 Å². The number of hydrogen-bond acceptors (Lipinski definition) is 5. The van der Waals surface area contributed by atoms with Crippen molar-refractivity contribution in [2.24, 2.45) is 5.92 Å². The van der Waals surface area contributed by atoms with Crippen LogP contribution >= 0.6 is 0 Å². The predicted octanol–water partition coefficient (Wildman–Crippen LogP) is 4.19. The van der Waals surface area contributed by atoms with Crippen LogP contribution in [0.2, 0.25) is 0 Å². The monoisotopic (exact) mass is 498 g/mol. The highest BCUT2D eigenvalue weighted by atomic mass is 32.2. The van der Waals surface area contributed by atoms with E-state index in [1.54, 1.807) is 12.1 Å². The summed E-state index contributed by atoms with van der Waals surface area (Å²) >= 11 is 0. The van der Waals surface area contributed by atoms with Gasteiger partial charge >= 0.3 is 5.97 Å². The zero-order valence-electron chi connectivity index (χ0n) is 20.7. The number of fused-ring (bicyclic) bond motifs is 1. The topological polar surface area (TPSA) is 92.8 Å². The Kier molecular flexibility index (Phi) is 7.62. The molecule has 0 saturated carbocycles. The summed E-state index contributed by atoms with van der Waals surface area (Å²) in [5.41, 5.74) is 5.09. The molecule has 35 heavy (non-hydrogen) atoms. The lowest BCUT2D eigenvalue weighted by atomic mass is 9.98. The molecule has 1 saturated heterocycles. The second-order valence-corrected chi connectivity index (χ2v) is 11.8. The van der Waals surface area contributed by atoms with E-state index in [0.717, 1.165) is 41.6 Å². The number of rotatable bonds is 7. The number of benzene rings is 2. The number of amides is 1. The largest absolute Gasteiger partial charge is 0.455 e. The minimum absolute atomic E-state index is 0.242. The number of carbonyl (C=O) groups is 2. The van der Waals surface area contributed by atoms with Crippen molar-refractivity contribution in [3.8, 4) is 0 Å². The van der Waals surface area contributed by atoms with Crippen molar-refractivity contribution in [3.63, 3.8) is 0 Å². The molecular formula is C27H34N2O5S. The number of anilines is 1. The SMILES string of the molecule is Cc1cccc(C(C)C)c1NC(=O)COC(=O)C1CCN(S(=O)(=O)c2ccc3c(c2)CCC3)CC1. The van der Waals surface area contributed by atoms with E-state index in [1.807, 2.05) is 31.2 Å². The molecule has 1 fully saturated rings. The maximum atomic E-state index is 13.1. The van der Waals surface area contributed by atoms with E-state index in [-0.39, 0.29) is 31.5 Å². The maximum Gasteiger partial charge on any atom is 0.309 e. The summed E-state index contributed by atoms with van der Waals surface area (Å²) in [6, 6.07) is 11.3. The zero-order valence-corrected chi connectivity index (χ0v) is 21.5. The highest BCUT2D eigenvalue weighted by Crippen LogP contribution is 2.29. The van der Waals surface area contributed by atoms with Gasteiger partial charge in [-0.05, 0) is 79.3 Å². The molecule has 1 amide bonds. The molecule has 1 aliphatic heterocycles. The number of piperidine rings is 1. The molecule has 1 heterocycles. The van der Waals surface area contributed by atoms with Crippen LogP contribution in [0.5, 0.6) is 0 Å². The first-order chi connectivity index (χ1) is 16.7. The summed E-state index contributed by atoms with van der Waals surface area (Å²) in [6.07, 6.45) is 3.74. The Morgan fingerprint density at radius 2 is 1.80 bits per heavy atom. The Morgan fingerprint density at radius 3 is 2.51 bits per heavy atom. The van der Waals surface area contributed by atoms with E-state index in [0.29, 0.717) is 17.7 Å². The summed E-state index contributed by atoms with van der Waals surface area (Å²) in [5.74, 6) is -1.01. The number of aryl methyl sites for hydroxylation is 3. The van der Waals surface area contributed by atoms with Crippen molar-refractivity contribution in [3.05, 3.63) is 58.7 Å². The molecule has 0 spiro atoms. The Bertz CT molecular complexity index is 1210. The minimum Gasteiger partial charge on any atom is -0.455 e. The molecule has 188 valence electrons. The Labute approximate surface area is 207 Å². The second kappa shape index (κ2) is 10.5. The molecule has 0 bridgehead atoms. The van der Waals surface area contributed by atoms with E-state index in [1.165, 1.54) is 9.87 Å². The lowest BCUT2D eigenvalue weighted by Gasteiger charge is -2.30. The third kappa shape index (κ3) is 5.59. The van der Waals surface area contributed by atoms with Crippen LogP contribution in [-0.4, -0.2) is 44.3 Å². The lowest BCUT2D eigenvalue weighted by molar-refractivity contribution is -0.152. The van der Waals surface area contributed by atoms with Crippen molar-refractivity contribution in [2.45, 2.75) is 63.7 Å². The van der Waals surface area contributed by atoms with Crippen LogP contribution in [-0.2, 0) is 37.2 Å². The van der Waals surface area contributed by atoms with Gasteiger partial charge in [0.05, 0.1) is 10.8 Å². The molecule has 0 radical (unpaired) electrons. The molecule has 0 aromatic heterocycles. The van der Waals surface area contributed by atoms with Crippen molar-refractivity contribution in [1.29, 1.82) is 0 Å². The number of carbonyl (C=O) groups excluding carboxylic acids is 2. The minimum atomic E-state index is -3.59. The summed E-state index contributed by atoms with van der Waals surface area (Å²) in [4.78, 5) is 25.4. The van der Waals surface area contributed by atoms with Crippen molar-refractivity contribution < 1.29 is 22.7 Å². The smallest absolute Gasteiger partial charge is 0.309 e. The standard InChI is InChI=1S/C27H34N2O5S/c1-18(2)24-9-4-6-19(3)26(24)28-25(30)17-34-27(31)21-12-14-29(15-13-21)35(32,33)23-11-10-20-7-5-8-22(20)16-23/h4,6,9-11,16,18,21H,5,7-8,12-15,17H2,1-3H3,(H,28,30). The van der Waals surface area contributed by atoms with E-state index in [4.69, 9.17) is 4.74 Å². The van der Waals surface area contributed by atoms with E-state index >= 15 is 0 Å². The summed E-state index contributed by atoms with van der Waals surface area (Å²) < 4.78 is 33.0. The molecule has 7 nitrogen and oxygen atoms in total. The molecular weight excluding hydrogens is 464 g/mol. The molecule has 0 unspecified atom stereocenters. The predicted molar refractivity (Wildman–Crippen MR) is 135 cm³/mol. The third-order valence-electron chi connectivity index (χ3n) is 7.03. The third-order valence-corrected chi connectivity index (χ3v) is 8.93. The van der Waals surface area contributed by atoms with Gasteiger partial charge < -0.3 is 10.1 Å². The number of hydrogen-bond donors (Lipinski definition) is 1. The average molecular weight is 499 g/mol. The van der Waals surface area contributed by atoms with Gasteiger partial charge in [0.15, 0.2) is 6.61 Å². The zero-order chi connectivity index (χ0) is 25.2. The summed E-state index contributed by atoms with van der Waals surface area (Å²) in [6.45, 7) is 6.19. The Balaban J connectivity index is 1.29. The van der Waals surface area contributed by atoms with Crippen molar-refractivity contribution in [1.82, 2.24) is 4.31 Å². The van der Waals surface area contributed by atoms with Gasteiger partial charge in [0.2, 0.25) is 10.0 Å². The van der Waals surface area contributed by atoms with E-state index < -0.39 is 21.9 Å². The van der Waals surface area contributed by atoms with Crippen LogP contribution in [0, 0.1) is 12.8 Å². The van der Waals surface area contributed by atoms with Crippen molar-refractivity contribution in [2.75, 3.05) is 25.0 Å². The summed E-state index contributed by atoms with van der Waals surface area (Å²) in [5, 5.41) is 2.88. The molecule has 1 aliphatic carbocycles. The summed E-state index contributed by atoms with van der Waals surface area (Å²) in [7, 11) is -3.59. The molecule has 4 rings (SSSR count). The van der Waals surface area contributed by atoms with Crippen LogP contribution in [0.1, 0.15) is 61.3 Å². The fourth-order valence-electron chi connectivity index (χ4n) is 4.96. The van der Waals surface area contributed by atoms with Gasteiger partial charge in [-0.3, -0.25) is 9.59 Å². The van der Waals surface area contributed by atoms with Crippen LogP contribution in [0.3, 0.4) is 0 Å². The van der Waals surface area contributed by atoms with Gasteiger partial charge in [0.1, 0.15) is 0 Å². The molecule has 1 N–H and O–H groups in total. The number of esters is 1. The van der Waals surface area contributed by atoms with Gasteiger partial charge in [-0.2, -0.15) is 4.31 Å². The van der Waals surface area contributed by atoms with Gasteiger partial charge in [0, 0.05) is 18.8 Å². The molecule has 8 heteroatoms. The first kappa shape index (κ1) is 25.4. The van der Waals surface area contributed by atoms with E-state index in [2.05, 4.69) is 19.2 Å². The first-order valence-corrected chi connectivity index (χ1v) is 13.8.